The van der Waals surface area contributed by atoms with Gasteiger partial charge in [0.25, 0.3) is 0 Å². The number of amides is 1. The Morgan fingerprint density at radius 2 is 0.907 bits per heavy atom. The van der Waals surface area contributed by atoms with Crippen molar-refractivity contribution in [2.24, 2.45) is 0 Å². The van der Waals surface area contributed by atoms with Crippen LogP contribution in [0.3, 0.4) is 0 Å². The molecule has 0 aromatic rings. The highest BCUT2D eigenvalue weighted by atomic mass is 16.5. The number of nitrogens with one attached hydrogen (secondary N) is 1. The Labute approximate surface area is 335 Å². The summed E-state index contributed by atoms with van der Waals surface area (Å²) < 4.78 is 5.89. The van der Waals surface area contributed by atoms with Gasteiger partial charge in [-0.3, -0.25) is 9.59 Å². The molecule has 0 fully saturated rings. The van der Waals surface area contributed by atoms with Crippen LogP contribution < -0.4 is 5.32 Å². The highest BCUT2D eigenvalue weighted by Gasteiger charge is 2.24. The number of hydrogen-bond donors (Lipinski definition) is 3. The maximum absolute atomic E-state index is 13.1. The number of esters is 1. The lowest BCUT2D eigenvalue weighted by molar-refractivity contribution is -0.151. The van der Waals surface area contributed by atoms with Crippen molar-refractivity contribution in [3.8, 4) is 0 Å². The number of carbonyl (C=O) groups excluding carboxylic acids is 2. The minimum Gasteiger partial charge on any atom is -0.462 e. The molecule has 0 radical (unpaired) electrons. The van der Waals surface area contributed by atoms with Crippen LogP contribution in [0.4, 0.5) is 0 Å². The van der Waals surface area contributed by atoms with Crippen molar-refractivity contribution in [2.45, 2.75) is 264 Å². The van der Waals surface area contributed by atoms with Crippen LogP contribution in [0.1, 0.15) is 245 Å². The Bertz CT molecular complexity index is 858. The number of carbonyl (C=O) groups is 2. The minimum atomic E-state index is -0.787. The zero-order valence-electron chi connectivity index (χ0n) is 36.1. The smallest absolute Gasteiger partial charge is 0.306 e. The van der Waals surface area contributed by atoms with Gasteiger partial charge in [-0.2, -0.15) is 0 Å². The Kier molecular flexibility index (Phi) is 41.2. The van der Waals surface area contributed by atoms with Crippen molar-refractivity contribution in [2.75, 3.05) is 6.61 Å². The quantitative estimate of drug-likeness (QED) is 0.0327. The summed E-state index contributed by atoms with van der Waals surface area (Å²) in [4.78, 5) is 26.0. The first kappa shape index (κ1) is 52.3. The zero-order chi connectivity index (χ0) is 39.6. The predicted octanol–water partition coefficient (Wildman–Crippen LogP) is 13.6. The third-order valence-corrected chi connectivity index (χ3v) is 10.8. The Balaban J connectivity index is 4.62. The number of rotatable bonds is 42. The van der Waals surface area contributed by atoms with E-state index in [1.807, 2.05) is 0 Å². The topological polar surface area (TPSA) is 95.9 Å². The molecule has 6 heteroatoms. The second kappa shape index (κ2) is 42.5. The molecule has 0 aromatic carbocycles. The van der Waals surface area contributed by atoms with Crippen LogP contribution in [0, 0.1) is 0 Å². The average molecular weight is 762 g/mol. The van der Waals surface area contributed by atoms with E-state index in [1.54, 1.807) is 0 Å². The number of aliphatic hydroxyl groups is 2. The molecule has 0 aliphatic carbocycles. The Morgan fingerprint density at radius 3 is 1.39 bits per heavy atom. The van der Waals surface area contributed by atoms with Gasteiger partial charge in [0.2, 0.25) is 5.91 Å². The highest BCUT2D eigenvalue weighted by molar-refractivity contribution is 5.77. The highest BCUT2D eigenvalue weighted by Crippen LogP contribution is 2.17. The molecule has 3 unspecified atom stereocenters. The van der Waals surface area contributed by atoms with Crippen molar-refractivity contribution in [1.82, 2.24) is 5.32 Å². The lowest BCUT2D eigenvalue weighted by Gasteiger charge is -2.24. The molecule has 0 spiro atoms. The summed E-state index contributed by atoms with van der Waals surface area (Å²) in [6, 6.07) is -0.702. The Hall–Kier alpha value is -1.66. The van der Waals surface area contributed by atoms with E-state index in [1.165, 1.54) is 128 Å². The van der Waals surface area contributed by atoms with E-state index in [9.17, 15) is 19.8 Å². The SMILES string of the molecule is CCCC/C=C\CCCCCCCC(=O)OC(CCCCC/C=C/CCCCCCCCC)CC(=O)NC(CO)C(O)CCCCCCCCCCCC. The van der Waals surface area contributed by atoms with Crippen molar-refractivity contribution in [1.29, 1.82) is 0 Å². The predicted molar refractivity (Wildman–Crippen MR) is 232 cm³/mol. The van der Waals surface area contributed by atoms with Crippen LogP contribution in [0.5, 0.6) is 0 Å². The van der Waals surface area contributed by atoms with Crippen LogP contribution >= 0.6 is 0 Å². The van der Waals surface area contributed by atoms with Gasteiger partial charge in [0.15, 0.2) is 0 Å². The first-order valence-corrected chi connectivity index (χ1v) is 23.6. The molecule has 0 aromatic heterocycles. The summed E-state index contributed by atoms with van der Waals surface area (Å²) >= 11 is 0. The van der Waals surface area contributed by atoms with E-state index in [-0.39, 0.29) is 24.9 Å². The van der Waals surface area contributed by atoms with E-state index < -0.39 is 18.2 Å². The molecule has 3 N–H and O–H groups in total. The second-order valence-electron chi connectivity index (χ2n) is 16.2. The first-order chi connectivity index (χ1) is 26.5. The van der Waals surface area contributed by atoms with Crippen molar-refractivity contribution in [3.05, 3.63) is 24.3 Å². The zero-order valence-corrected chi connectivity index (χ0v) is 36.1. The minimum absolute atomic E-state index is 0.0668. The lowest BCUT2D eigenvalue weighted by atomic mass is 10.0. The van der Waals surface area contributed by atoms with Crippen molar-refractivity contribution < 1.29 is 24.5 Å². The van der Waals surface area contributed by atoms with E-state index in [0.29, 0.717) is 19.3 Å². The number of ether oxygens (including phenoxy) is 1. The summed E-state index contributed by atoms with van der Waals surface area (Å²) in [7, 11) is 0. The van der Waals surface area contributed by atoms with Gasteiger partial charge < -0.3 is 20.3 Å². The first-order valence-electron chi connectivity index (χ1n) is 23.6. The van der Waals surface area contributed by atoms with E-state index in [4.69, 9.17) is 4.74 Å². The Morgan fingerprint density at radius 1 is 0.519 bits per heavy atom. The van der Waals surface area contributed by atoms with Crippen LogP contribution in [0.2, 0.25) is 0 Å². The average Bonchev–Trinajstić information content (AvgIpc) is 3.16. The fourth-order valence-electron chi connectivity index (χ4n) is 7.11. The van der Waals surface area contributed by atoms with Gasteiger partial charge in [-0.1, -0.05) is 186 Å². The lowest BCUT2D eigenvalue weighted by Crippen LogP contribution is -2.46. The summed E-state index contributed by atoms with van der Waals surface area (Å²) in [6.45, 7) is 6.42. The van der Waals surface area contributed by atoms with E-state index in [2.05, 4.69) is 50.4 Å². The third-order valence-electron chi connectivity index (χ3n) is 10.8. The van der Waals surface area contributed by atoms with Crippen LogP contribution in [0.15, 0.2) is 24.3 Å². The number of allylic oxidation sites excluding steroid dienone is 4. The van der Waals surface area contributed by atoms with Crippen LogP contribution in [0.25, 0.3) is 0 Å². The van der Waals surface area contributed by atoms with Gasteiger partial charge >= 0.3 is 5.97 Å². The van der Waals surface area contributed by atoms with Crippen molar-refractivity contribution >= 4 is 11.9 Å². The summed E-state index contributed by atoms with van der Waals surface area (Å²) in [5.74, 6) is -0.495. The molecule has 0 rings (SSSR count). The molecule has 1 amide bonds. The number of unbranched alkanes of at least 4 members (excludes halogenated alkanes) is 26. The second-order valence-corrected chi connectivity index (χ2v) is 16.2. The molecule has 0 saturated carbocycles. The van der Waals surface area contributed by atoms with Gasteiger partial charge in [0.1, 0.15) is 6.10 Å². The maximum atomic E-state index is 13.1. The molecule has 0 aliphatic rings. The van der Waals surface area contributed by atoms with Gasteiger partial charge in [-0.25, -0.2) is 0 Å². The molecule has 0 heterocycles. The number of hydrogen-bond acceptors (Lipinski definition) is 5. The summed E-state index contributed by atoms with van der Waals surface area (Å²) in [6.07, 6.45) is 46.6. The van der Waals surface area contributed by atoms with Gasteiger partial charge in [0, 0.05) is 6.42 Å². The molecule has 54 heavy (non-hydrogen) atoms. The molecular weight excluding hydrogens is 671 g/mol. The largest absolute Gasteiger partial charge is 0.462 e. The fraction of sp³-hybridized carbons (Fsp3) is 0.875. The molecular formula is C48H91NO5. The third kappa shape index (κ3) is 37.3. The standard InChI is InChI=1S/C48H91NO5/c1-4-7-10-13-16-19-22-23-24-26-27-30-33-36-39-44(54-48(53)41-38-35-32-29-25-20-17-14-11-8-5-2)42-47(52)49-45(43-50)46(51)40-37-34-31-28-21-18-15-12-9-6-3/h14,17,24,26,44-46,50-51H,4-13,15-16,18-23,25,27-43H2,1-3H3,(H,49,52)/b17-14-,26-24+. The van der Waals surface area contributed by atoms with E-state index in [0.717, 1.165) is 70.6 Å². The molecule has 0 aliphatic heterocycles. The summed E-state index contributed by atoms with van der Waals surface area (Å²) in [5.41, 5.74) is 0. The van der Waals surface area contributed by atoms with Crippen LogP contribution in [-0.4, -0.2) is 46.9 Å². The molecule has 0 saturated heterocycles. The monoisotopic (exact) mass is 762 g/mol. The normalized spacial score (nSPS) is 13.5. The fourth-order valence-corrected chi connectivity index (χ4v) is 7.11. The van der Waals surface area contributed by atoms with E-state index >= 15 is 0 Å². The van der Waals surface area contributed by atoms with Gasteiger partial charge in [-0.05, 0) is 70.6 Å². The molecule has 0 bridgehead atoms. The van der Waals surface area contributed by atoms with Crippen LogP contribution in [-0.2, 0) is 14.3 Å². The van der Waals surface area contributed by atoms with Crippen molar-refractivity contribution in [3.63, 3.8) is 0 Å². The number of aliphatic hydroxyl groups excluding tert-OH is 2. The van der Waals surface area contributed by atoms with Gasteiger partial charge in [-0.15, -0.1) is 0 Å². The van der Waals surface area contributed by atoms with Gasteiger partial charge in [0.05, 0.1) is 25.2 Å². The molecule has 6 nitrogen and oxygen atoms in total. The molecule has 3 atom stereocenters. The summed E-state index contributed by atoms with van der Waals surface area (Å²) in [5, 5.41) is 23.6. The molecule has 318 valence electrons. The maximum Gasteiger partial charge on any atom is 0.306 e.